The van der Waals surface area contributed by atoms with Crippen LogP contribution < -0.4 is 10.0 Å². The molecule has 7 rings (SSSR count). The smallest absolute Gasteiger partial charge is 0.295 e. The summed E-state index contributed by atoms with van der Waals surface area (Å²) < 4.78 is 116. The number of nitrogens with one attached hydrogen (secondary N) is 2. The number of benzene rings is 2. The summed E-state index contributed by atoms with van der Waals surface area (Å²) >= 11 is 0. The molecule has 0 spiro atoms. The van der Waals surface area contributed by atoms with Gasteiger partial charge in [0.25, 0.3) is 12.3 Å². The van der Waals surface area contributed by atoms with Gasteiger partial charge in [0.2, 0.25) is 15.9 Å². The van der Waals surface area contributed by atoms with E-state index in [2.05, 4.69) is 20.1 Å². The number of rotatable bonds is 11. The Balaban J connectivity index is 1.18. The van der Waals surface area contributed by atoms with E-state index in [0.29, 0.717) is 21.9 Å². The number of halogens is 6. The number of carbonyl (C=O) groups excluding carboxylic acids is 1. The molecule has 2 fully saturated rings. The van der Waals surface area contributed by atoms with Crippen molar-refractivity contribution in [2.24, 2.45) is 5.92 Å². The SMILES string of the molecule is O=C(Cn1nc2c(c1C(F)F)C1CC1C2(F)F)N[C@@H](Cc1cc(F)cc(F)c1)c1ncccc1-c1ccc(S(=O)(=O)NC2CCCCC2)cc1. The molecule has 15 heteroatoms. The van der Waals surface area contributed by atoms with E-state index < -0.39 is 75.7 Å². The summed E-state index contributed by atoms with van der Waals surface area (Å²) in [6.45, 7) is -0.823. The number of fused-ring (bicyclic) bond motifs is 3. The van der Waals surface area contributed by atoms with Crippen LogP contribution in [0.2, 0.25) is 0 Å². The first-order valence-electron chi connectivity index (χ1n) is 16.4. The van der Waals surface area contributed by atoms with Gasteiger partial charge in [0, 0.05) is 35.3 Å². The van der Waals surface area contributed by atoms with Gasteiger partial charge in [-0.25, -0.2) is 30.7 Å². The van der Waals surface area contributed by atoms with Crippen molar-refractivity contribution >= 4 is 15.9 Å². The zero-order valence-corrected chi connectivity index (χ0v) is 27.4. The van der Waals surface area contributed by atoms with Gasteiger partial charge in [0.05, 0.1) is 16.6 Å². The lowest BCUT2D eigenvalue weighted by Crippen LogP contribution is -2.36. The summed E-state index contributed by atoms with van der Waals surface area (Å²) in [7, 11) is -3.80. The van der Waals surface area contributed by atoms with Crippen LogP contribution in [0.1, 0.15) is 85.1 Å². The number of nitrogens with zero attached hydrogens (tertiary/aromatic N) is 3. The third-order valence-corrected chi connectivity index (χ3v) is 11.3. The van der Waals surface area contributed by atoms with Crippen LogP contribution in [0.5, 0.6) is 0 Å². The van der Waals surface area contributed by atoms with E-state index in [-0.39, 0.29) is 40.6 Å². The van der Waals surface area contributed by atoms with Crippen LogP contribution in [0, 0.1) is 17.6 Å². The molecule has 3 atom stereocenters. The zero-order chi connectivity index (χ0) is 35.4. The van der Waals surface area contributed by atoms with Gasteiger partial charge < -0.3 is 5.32 Å². The molecule has 2 N–H and O–H groups in total. The van der Waals surface area contributed by atoms with Crippen molar-refractivity contribution in [2.45, 2.75) is 86.7 Å². The fourth-order valence-electron chi connectivity index (χ4n) is 7.36. The Morgan fingerprint density at radius 3 is 2.38 bits per heavy atom. The maximum atomic E-state index is 14.8. The number of carbonyl (C=O) groups is 1. The van der Waals surface area contributed by atoms with Gasteiger partial charge in [-0.15, -0.1) is 0 Å². The van der Waals surface area contributed by atoms with Crippen LogP contribution in [-0.4, -0.2) is 35.1 Å². The molecular weight excluding hydrogens is 684 g/mol. The number of amides is 1. The summed E-state index contributed by atoms with van der Waals surface area (Å²) in [4.78, 5) is 18.0. The summed E-state index contributed by atoms with van der Waals surface area (Å²) in [5, 5.41) is 6.45. The van der Waals surface area contributed by atoms with Gasteiger partial charge in [-0.1, -0.05) is 37.5 Å². The van der Waals surface area contributed by atoms with Crippen molar-refractivity contribution in [3.05, 3.63) is 101 Å². The molecule has 0 radical (unpaired) electrons. The molecule has 0 aliphatic heterocycles. The van der Waals surface area contributed by atoms with Gasteiger partial charge in [-0.2, -0.15) is 13.9 Å². The van der Waals surface area contributed by atoms with Crippen molar-refractivity contribution in [3.63, 3.8) is 0 Å². The fourth-order valence-corrected chi connectivity index (χ4v) is 8.66. The Hall–Kier alpha value is -4.24. The molecule has 2 aromatic carbocycles. The number of hydrogen-bond donors (Lipinski definition) is 2. The normalized spacial score (nSPS) is 20.4. The third-order valence-electron chi connectivity index (χ3n) is 9.74. The summed E-state index contributed by atoms with van der Waals surface area (Å²) in [6.07, 6.45) is 2.63. The minimum Gasteiger partial charge on any atom is -0.346 e. The molecule has 50 heavy (non-hydrogen) atoms. The highest BCUT2D eigenvalue weighted by Crippen LogP contribution is 2.67. The first-order valence-corrected chi connectivity index (χ1v) is 17.9. The zero-order valence-electron chi connectivity index (χ0n) is 26.6. The summed E-state index contributed by atoms with van der Waals surface area (Å²) in [5.41, 5.74) is -0.337. The highest BCUT2D eigenvalue weighted by molar-refractivity contribution is 7.89. The monoisotopic (exact) mass is 717 g/mol. The topological polar surface area (TPSA) is 106 Å². The molecule has 264 valence electrons. The van der Waals surface area contributed by atoms with Crippen molar-refractivity contribution in [1.29, 1.82) is 0 Å². The van der Waals surface area contributed by atoms with E-state index in [1.807, 2.05) is 0 Å². The van der Waals surface area contributed by atoms with Gasteiger partial charge in [0.1, 0.15) is 29.6 Å². The lowest BCUT2D eigenvalue weighted by atomic mass is 9.95. The maximum absolute atomic E-state index is 14.8. The van der Waals surface area contributed by atoms with Gasteiger partial charge >= 0.3 is 0 Å². The lowest BCUT2D eigenvalue weighted by molar-refractivity contribution is -0.122. The first-order chi connectivity index (χ1) is 23.8. The van der Waals surface area contributed by atoms with Crippen molar-refractivity contribution in [3.8, 4) is 11.1 Å². The molecule has 2 saturated carbocycles. The number of aromatic nitrogens is 3. The molecule has 1 amide bonds. The van der Waals surface area contributed by atoms with Crippen LogP contribution in [0.3, 0.4) is 0 Å². The standard InChI is InChI=1S/C35H33F6N5O3S/c36-21-13-19(14-22(37)16-21)15-28(43-29(47)18-46-32(34(38)39)30-26-17-27(26)35(40,41)33(30)44-46)31-25(7-4-12-42-31)20-8-10-24(11-9-20)50(48,49)45-23-5-2-1-3-6-23/h4,7-14,16,23,26-28,34,45H,1-3,5-6,15,17-18H2,(H,43,47)/t26?,27?,28-/m0/s1. The molecule has 3 aliphatic rings. The molecule has 0 bridgehead atoms. The number of pyridine rings is 1. The molecule has 8 nitrogen and oxygen atoms in total. The molecule has 2 unspecified atom stereocenters. The highest BCUT2D eigenvalue weighted by Gasteiger charge is 2.67. The quantitative estimate of drug-likeness (QED) is 0.161. The molecule has 2 heterocycles. The van der Waals surface area contributed by atoms with Crippen LogP contribution in [0.4, 0.5) is 26.3 Å². The average molecular weight is 718 g/mol. The number of sulfonamides is 1. The van der Waals surface area contributed by atoms with E-state index >= 15 is 0 Å². The Morgan fingerprint density at radius 2 is 1.70 bits per heavy atom. The maximum Gasteiger partial charge on any atom is 0.295 e. The minimum absolute atomic E-state index is 0.0569. The van der Waals surface area contributed by atoms with E-state index in [0.717, 1.165) is 44.2 Å². The van der Waals surface area contributed by atoms with Crippen molar-refractivity contribution < 1.29 is 39.6 Å². The Bertz CT molecular complexity index is 2010. The van der Waals surface area contributed by atoms with Crippen LogP contribution in [0.25, 0.3) is 11.1 Å². The molecular formula is C35H33F6N5O3S. The molecule has 3 aliphatic carbocycles. The van der Waals surface area contributed by atoms with E-state index in [1.54, 1.807) is 24.3 Å². The second-order valence-electron chi connectivity index (χ2n) is 13.2. The predicted octanol–water partition coefficient (Wildman–Crippen LogP) is 7.08. The summed E-state index contributed by atoms with van der Waals surface area (Å²) in [5.74, 6) is -7.79. The summed E-state index contributed by atoms with van der Waals surface area (Å²) in [6, 6.07) is 10.9. The Kier molecular flexibility index (Phi) is 8.99. The van der Waals surface area contributed by atoms with Crippen LogP contribution >= 0.6 is 0 Å². The van der Waals surface area contributed by atoms with E-state index in [4.69, 9.17) is 0 Å². The van der Waals surface area contributed by atoms with Crippen LogP contribution in [-0.2, 0) is 33.7 Å². The fraction of sp³-hybridized carbons (Fsp3) is 0.400. The third kappa shape index (κ3) is 6.64. The predicted molar refractivity (Wildman–Crippen MR) is 170 cm³/mol. The molecule has 0 saturated heterocycles. The van der Waals surface area contributed by atoms with Crippen molar-refractivity contribution in [1.82, 2.24) is 24.8 Å². The average Bonchev–Trinajstić information content (AvgIpc) is 3.73. The molecule has 4 aromatic rings. The first kappa shape index (κ1) is 34.2. The van der Waals surface area contributed by atoms with E-state index in [1.165, 1.54) is 18.3 Å². The number of hydrogen-bond acceptors (Lipinski definition) is 5. The largest absolute Gasteiger partial charge is 0.346 e. The second kappa shape index (κ2) is 13.1. The molecule has 2 aromatic heterocycles. The number of alkyl halides is 4. The van der Waals surface area contributed by atoms with Gasteiger partial charge in [-0.05, 0) is 73.1 Å². The highest BCUT2D eigenvalue weighted by atomic mass is 32.2. The Labute approximate surface area is 284 Å². The Morgan fingerprint density at radius 1 is 1.00 bits per heavy atom. The van der Waals surface area contributed by atoms with Gasteiger partial charge in [0.15, 0.2) is 0 Å². The van der Waals surface area contributed by atoms with E-state index in [9.17, 15) is 39.6 Å². The minimum atomic E-state index is -3.80. The second-order valence-corrected chi connectivity index (χ2v) is 14.9. The van der Waals surface area contributed by atoms with Crippen LogP contribution in [0.15, 0.2) is 65.7 Å². The van der Waals surface area contributed by atoms with Crippen molar-refractivity contribution in [2.75, 3.05) is 0 Å². The van der Waals surface area contributed by atoms with Gasteiger partial charge in [-0.3, -0.25) is 14.5 Å². The lowest BCUT2D eigenvalue weighted by Gasteiger charge is -2.23.